The fraction of sp³-hybridized carbons (Fsp3) is 0.586. The van der Waals surface area contributed by atoms with Crippen LogP contribution in [0.5, 0.6) is 0 Å². The van der Waals surface area contributed by atoms with Gasteiger partial charge in [0.25, 0.3) is 0 Å². The molecule has 0 aromatic heterocycles. The van der Waals surface area contributed by atoms with Gasteiger partial charge in [-0.1, -0.05) is 83.6 Å². The summed E-state index contributed by atoms with van der Waals surface area (Å²) in [7, 11) is 0. The standard InChI is InChI=1S/C29H39FI2N2S/c1-7-9-10-22-11-14-24(15-12-22)28(6,8-2)19-27(4,5)20-34(21(3)35)25-16-13-23(18-33)26(17-25)29(30,31)32/h11-16,25H,7-10,17,19-20H2,1-6H3. The third-order valence-electron chi connectivity index (χ3n) is 7.21. The van der Waals surface area contributed by atoms with E-state index in [0.29, 0.717) is 17.6 Å². The Labute approximate surface area is 245 Å². The molecule has 0 saturated carbocycles. The average Bonchev–Trinajstić information content (AvgIpc) is 2.80. The number of alkyl halides is 3. The summed E-state index contributed by atoms with van der Waals surface area (Å²) in [6.45, 7) is 14.2. The van der Waals surface area contributed by atoms with Crippen molar-refractivity contribution in [1.29, 1.82) is 5.26 Å². The van der Waals surface area contributed by atoms with Crippen molar-refractivity contribution in [3.8, 4) is 6.07 Å². The highest BCUT2D eigenvalue weighted by atomic mass is 127. The monoisotopic (exact) mass is 720 g/mol. The van der Waals surface area contributed by atoms with Crippen molar-refractivity contribution in [3.05, 3.63) is 58.7 Å². The fourth-order valence-electron chi connectivity index (χ4n) is 5.20. The molecule has 0 fully saturated rings. The van der Waals surface area contributed by atoms with Crippen LogP contribution in [0.1, 0.15) is 84.8 Å². The van der Waals surface area contributed by atoms with E-state index in [1.54, 1.807) is 51.3 Å². The number of aryl methyl sites for hydroxylation is 1. The van der Waals surface area contributed by atoms with Crippen LogP contribution in [0.3, 0.4) is 0 Å². The molecule has 35 heavy (non-hydrogen) atoms. The number of halogens is 3. The number of nitriles is 1. The van der Waals surface area contributed by atoms with Crippen LogP contribution in [0.25, 0.3) is 0 Å². The Kier molecular flexibility index (Phi) is 11.2. The fourth-order valence-corrected chi connectivity index (χ4v) is 6.42. The van der Waals surface area contributed by atoms with Gasteiger partial charge in [0.1, 0.15) is 0 Å². The summed E-state index contributed by atoms with van der Waals surface area (Å²) in [4.78, 5) is 3.03. The molecule has 1 aromatic rings. The van der Waals surface area contributed by atoms with Crippen molar-refractivity contribution < 1.29 is 4.39 Å². The third kappa shape index (κ3) is 8.49. The van der Waals surface area contributed by atoms with Crippen LogP contribution in [0.2, 0.25) is 0 Å². The van der Waals surface area contributed by atoms with E-state index in [1.165, 1.54) is 24.0 Å². The first-order valence-electron chi connectivity index (χ1n) is 12.5. The number of hydrogen-bond donors (Lipinski definition) is 0. The zero-order chi connectivity index (χ0) is 26.4. The highest BCUT2D eigenvalue weighted by molar-refractivity contribution is 14.2. The van der Waals surface area contributed by atoms with Gasteiger partial charge in [-0.3, -0.25) is 0 Å². The van der Waals surface area contributed by atoms with Crippen molar-refractivity contribution in [1.82, 2.24) is 4.90 Å². The van der Waals surface area contributed by atoms with E-state index in [2.05, 4.69) is 69.9 Å². The summed E-state index contributed by atoms with van der Waals surface area (Å²) < 4.78 is 13.3. The normalized spacial score (nSPS) is 18.2. The zero-order valence-corrected chi connectivity index (χ0v) is 27.1. The minimum atomic E-state index is -1.59. The topological polar surface area (TPSA) is 27.0 Å². The first kappa shape index (κ1) is 30.7. The lowest BCUT2D eigenvalue weighted by Gasteiger charge is -2.43. The molecular formula is C29H39FI2N2S. The highest BCUT2D eigenvalue weighted by Crippen LogP contribution is 2.45. The summed E-state index contributed by atoms with van der Waals surface area (Å²) >= 11 is 9.24. The minimum Gasteiger partial charge on any atom is -0.359 e. The van der Waals surface area contributed by atoms with Crippen molar-refractivity contribution in [2.75, 3.05) is 6.54 Å². The quantitative estimate of drug-likeness (QED) is 0.130. The van der Waals surface area contributed by atoms with Crippen molar-refractivity contribution >= 4 is 62.4 Å². The van der Waals surface area contributed by atoms with Gasteiger partial charge in [0.2, 0.25) is 1.68 Å². The summed E-state index contributed by atoms with van der Waals surface area (Å²) in [5.74, 6) is 0. The van der Waals surface area contributed by atoms with E-state index in [-0.39, 0.29) is 16.9 Å². The molecule has 2 rings (SSSR count). The lowest BCUT2D eigenvalue weighted by atomic mass is 9.68. The largest absolute Gasteiger partial charge is 0.359 e. The number of hydrogen-bond acceptors (Lipinski definition) is 2. The van der Waals surface area contributed by atoms with Gasteiger partial charge in [-0.2, -0.15) is 5.26 Å². The first-order chi connectivity index (χ1) is 16.3. The van der Waals surface area contributed by atoms with Gasteiger partial charge in [0.15, 0.2) is 0 Å². The van der Waals surface area contributed by atoms with Crippen LogP contribution in [-0.4, -0.2) is 24.2 Å². The second-order valence-corrected chi connectivity index (χ2v) is 16.5. The molecule has 6 heteroatoms. The van der Waals surface area contributed by atoms with Crippen LogP contribution in [-0.2, 0) is 11.8 Å². The summed E-state index contributed by atoms with van der Waals surface area (Å²) in [6.07, 6.45) is 9.90. The van der Waals surface area contributed by atoms with E-state index in [0.717, 1.165) is 30.8 Å². The van der Waals surface area contributed by atoms with Crippen LogP contribution in [0, 0.1) is 16.7 Å². The average molecular weight is 721 g/mol. The van der Waals surface area contributed by atoms with Gasteiger partial charge in [-0.25, -0.2) is 4.39 Å². The van der Waals surface area contributed by atoms with E-state index in [1.807, 2.05) is 13.0 Å². The maximum Gasteiger partial charge on any atom is 0.233 e. The van der Waals surface area contributed by atoms with E-state index >= 15 is 0 Å². The Bertz CT molecular complexity index is 985. The number of rotatable bonds is 11. The molecule has 0 amide bonds. The summed E-state index contributed by atoms with van der Waals surface area (Å²) in [6, 6.07) is 11.3. The molecule has 192 valence electrons. The van der Waals surface area contributed by atoms with Crippen LogP contribution in [0.15, 0.2) is 47.6 Å². The molecule has 0 radical (unpaired) electrons. The predicted octanol–water partition coefficient (Wildman–Crippen LogP) is 9.40. The Morgan fingerprint density at radius 1 is 1.20 bits per heavy atom. The minimum absolute atomic E-state index is 0.0274. The van der Waals surface area contributed by atoms with Crippen LogP contribution in [0.4, 0.5) is 4.39 Å². The number of unbranched alkanes of at least 4 members (excludes halogenated alkanes) is 1. The Morgan fingerprint density at radius 2 is 1.83 bits per heavy atom. The van der Waals surface area contributed by atoms with E-state index < -0.39 is 1.68 Å². The van der Waals surface area contributed by atoms with E-state index in [4.69, 9.17) is 12.2 Å². The molecule has 0 bridgehead atoms. The molecule has 0 spiro atoms. The Balaban J connectivity index is 2.24. The molecule has 0 saturated heterocycles. The number of benzene rings is 1. The zero-order valence-electron chi connectivity index (χ0n) is 21.9. The van der Waals surface area contributed by atoms with Crippen molar-refractivity contribution in [3.63, 3.8) is 0 Å². The summed E-state index contributed by atoms with van der Waals surface area (Å²) in [5.41, 5.74) is 3.78. The second-order valence-electron chi connectivity index (χ2n) is 10.8. The molecular weight excluding hydrogens is 681 g/mol. The molecule has 0 heterocycles. The van der Waals surface area contributed by atoms with Gasteiger partial charge in [-0.05, 0) is 112 Å². The third-order valence-corrected chi connectivity index (χ3v) is 8.74. The highest BCUT2D eigenvalue weighted by Gasteiger charge is 2.38. The number of thiocarbonyl (C=S) groups is 1. The molecule has 1 aliphatic carbocycles. The van der Waals surface area contributed by atoms with Gasteiger partial charge in [-0.15, -0.1) is 0 Å². The van der Waals surface area contributed by atoms with Crippen molar-refractivity contribution in [2.24, 2.45) is 5.41 Å². The SMILES string of the molecule is CCCCc1ccc(C(C)(CC)CC(C)(C)CN(C(C)=S)C2C=CC(C#N)=C(C(F)(I)I)C2)cc1. The van der Waals surface area contributed by atoms with Gasteiger partial charge in [0.05, 0.1) is 22.7 Å². The molecule has 2 atom stereocenters. The first-order valence-corrected chi connectivity index (χ1v) is 15.1. The predicted molar refractivity (Wildman–Crippen MR) is 168 cm³/mol. The molecule has 1 aromatic carbocycles. The lowest BCUT2D eigenvalue weighted by Crippen LogP contribution is -2.46. The molecule has 1 aliphatic rings. The van der Waals surface area contributed by atoms with Crippen molar-refractivity contribution in [2.45, 2.75) is 93.2 Å². The Hall–Kier alpha value is -0.530. The molecule has 0 aliphatic heterocycles. The maximum atomic E-state index is 14.9. The van der Waals surface area contributed by atoms with Gasteiger partial charge >= 0.3 is 0 Å². The van der Waals surface area contributed by atoms with Crippen LogP contribution < -0.4 is 0 Å². The summed E-state index contributed by atoms with van der Waals surface area (Å²) in [5, 5.41) is 9.50. The van der Waals surface area contributed by atoms with Crippen LogP contribution >= 0.6 is 57.4 Å². The number of nitrogens with zero attached hydrogens (tertiary/aromatic N) is 2. The molecule has 2 nitrogen and oxygen atoms in total. The number of allylic oxidation sites excluding steroid dienone is 2. The Morgan fingerprint density at radius 3 is 2.31 bits per heavy atom. The van der Waals surface area contributed by atoms with Gasteiger partial charge < -0.3 is 4.90 Å². The molecule has 0 N–H and O–H groups in total. The van der Waals surface area contributed by atoms with E-state index in [9.17, 15) is 9.65 Å². The lowest BCUT2D eigenvalue weighted by molar-refractivity contribution is 0.171. The molecule has 2 unspecified atom stereocenters. The smallest absolute Gasteiger partial charge is 0.233 e. The maximum absolute atomic E-state index is 14.9. The van der Waals surface area contributed by atoms with Gasteiger partial charge in [0, 0.05) is 12.1 Å². The second kappa shape index (κ2) is 12.8.